The fraction of sp³-hybridized carbons (Fsp3) is 0.176. The van der Waals surface area contributed by atoms with Gasteiger partial charge < -0.3 is 19.9 Å². The first-order chi connectivity index (χ1) is 11.1. The lowest BCUT2D eigenvalue weighted by molar-refractivity contribution is -0.139. The monoisotopic (exact) mass is 315 g/mol. The van der Waals surface area contributed by atoms with E-state index >= 15 is 0 Å². The van der Waals surface area contributed by atoms with Gasteiger partial charge in [-0.2, -0.15) is 0 Å². The smallest absolute Gasteiger partial charge is 0.341 e. The maximum atomic E-state index is 12.1. The summed E-state index contributed by atoms with van der Waals surface area (Å²) in [6.07, 6.45) is 0. The normalized spacial score (nSPS) is 9.96. The van der Waals surface area contributed by atoms with Crippen molar-refractivity contribution in [2.45, 2.75) is 6.92 Å². The highest BCUT2D eigenvalue weighted by Crippen LogP contribution is 2.17. The SMILES string of the molecule is CCOc1ccc(NC(=O)c2ccc(OCC(=O)O)cc2)cc1. The highest BCUT2D eigenvalue weighted by atomic mass is 16.5. The van der Waals surface area contributed by atoms with Crippen molar-refractivity contribution in [2.24, 2.45) is 0 Å². The van der Waals surface area contributed by atoms with E-state index in [0.29, 0.717) is 23.6 Å². The predicted molar refractivity (Wildman–Crippen MR) is 85.1 cm³/mol. The van der Waals surface area contributed by atoms with E-state index in [1.165, 1.54) is 0 Å². The Labute approximate surface area is 133 Å². The molecule has 2 aromatic carbocycles. The van der Waals surface area contributed by atoms with E-state index in [4.69, 9.17) is 14.6 Å². The number of nitrogens with one attached hydrogen (secondary N) is 1. The molecule has 2 N–H and O–H groups in total. The second-order valence-corrected chi connectivity index (χ2v) is 4.62. The number of hydrogen-bond acceptors (Lipinski definition) is 4. The number of amides is 1. The lowest BCUT2D eigenvalue weighted by Crippen LogP contribution is -2.12. The van der Waals surface area contributed by atoms with Crippen molar-refractivity contribution in [2.75, 3.05) is 18.5 Å². The zero-order chi connectivity index (χ0) is 16.7. The molecular weight excluding hydrogens is 298 g/mol. The molecule has 0 radical (unpaired) electrons. The summed E-state index contributed by atoms with van der Waals surface area (Å²) in [6.45, 7) is 2.07. The fourth-order valence-corrected chi connectivity index (χ4v) is 1.85. The Morgan fingerprint density at radius 1 is 0.957 bits per heavy atom. The van der Waals surface area contributed by atoms with Crippen molar-refractivity contribution in [1.29, 1.82) is 0 Å². The molecule has 6 nitrogen and oxygen atoms in total. The maximum absolute atomic E-state index is 12.1. The molecular formula is C17H17NO5. The first-order valence-corrected chi connectivity index (χ1v) is 7.07. The van der Waals surface area contributed by atoms with Crippen LogP contribution >= 0.6 is 0 Å². The highest BCUT2D eigenvalue weighted by molar-refractivity contribution is 6.04. The van der Waals surface area contributed by atoms with Crippen LogP contribution in [0.2, 0.25) is 0 Å². The number of rotatable bonds is 7. The lowest BCUT2D eigenvalue weighted by atomic mass is 10.2. The Bertz CT molecular complexity index is 664. The van der Waals surface area contributed by atoms with Gasteiger partial charge >= 0.3 is 5.97 Å². The third kappa shape index (κ3) is 5.03. The van der Waals surface area contributed by atoms with E-state index in [9.17, 15) is 9.59 Å². The van der Waals surface area contributed by atoms with Gasteiger partial charge in [0, 0.05) is 11.3 Å². The molecule has 0 unspecified atom stereocenters. The summed E-state index contributed by atoms with van der Waals surface area (Å²) < 4.78 is 10.3. The molecule has 0 fully saturated rings. The van der Waals surface area contributed by atoms with Gasteiger partial charge in [0.25, 0.3) is 5.91 Å². The van der Waals surface area contributed by atoms with Crippen molar-refractivity contribution in [1.82, 2.24) is 0 Å². The largest absolute Gasteiger partial charge is 0.494 e. The highest BCUT2D eigenvalue weighted by Gasteiger charge is 2.07. The molecule has 0 spiro atoms. The molecule has 0 saturated heterocycles. The molecule has 120 valence electrons. The van der Waals surface area contributed by atoms with Gasteiger partial charge in [-0.05, 0) is 55.5 Å². The van der Waals surface area contributed by atoms with E-state index in [0.717, 1.165) is 5.75 Å². The molecule has 0 bridgehead atoms. The minimum atomic E-state index is -1.05. The Morgan fingerprint density at radius 3 is 2.09 bits per heavy atom. The third-order valence-corrected chi connectivity index (χ3v) is 2.90. The molecule has 0 aromatic heterocycles. The number of aliphatic carboxylic acids is 1. The zero-order valence-corrected chi connectivity index (χ0v) is 12.6. The first-order valence-electron chi connectivity index (χ1n) is 7.07. The number of ether oxygens (including phenoxy) is 2. The Balaban J connectivity index is 1.95. The molecule has 0 heterocycles. The van der Waals surface area contributed by atoms with Crippen LogP contribution in [0.15, 0.2) is 48.5 Å². The van der Waals surface area contributed by atoms with E-state index in [1.54, 1.807) is 48.5 Å². The van der Waals surface area contributed by atoms with Crippen LogP contribution in [-0.4, -0.2) is 30.2 Å². The number of benzene rings is 2. The second kappa shape index (κ2) is 7.84. The average molecular weight is 315 g/mol. The minimum Gasteiger partial charge on any atom is -0.494 e. The summed E-state index contributed by atoms with van der Waals surface area (Å²) in [6, 6.07) is 13.3. The van der Waals surface area contributed by atoms with Gasteiger partial charge in [-0.25, -0.2) is 4.79 Å². The number of carboxylic acids is 1. The maximum Gasteiger partial charge on any atom is 0.341 e. The van der Waals surface area contributed by atoms with Crippen molar-refractivity contribution >= 4 is 17.6 Å². The van der Waals surface area contributed by atoms with Gasteiger partial charge in [-0.1, -0.05) is 0 Å². The van der Waals surface area contributed by atoms with Gasteiger partial charge in [-0.15, -0.1) is 0 Å². The van der Waals surface area contributed by atoms with Crippen molar-refractivity contribution < 1.29 is 24.2 Å². The summed E-state index contributed by atoms with van der Waals surface area (Å²) in [5, 5.41) is 11.3. The number of carboxylic acid groups (broad SMARTS) is 1. The Kier molecular flexibility index (Phi) is 5.57. The van der Waals surface area contributed by atoms with Gasteiger partial charge in [-0.3, -0.25) is 4.79 Å². The van der Waals surface area contributed by atoms with Crippen LogP contribution in [0.25, 0.3) is 0 Å². The number of carbonyl (C=O) groups is 2. The van der Waals surface area contributed by atoms with Crippen molar-refractivity contribution in [3.63, 3.8) is 0 Å². The van der Waals surface area contributed by atoms with E-state index in [2.05, 4.69) is 5.32 Å². The summed E-state index contributed by atoms with van der Waals surface area (Å²) in [7, 11) is 0. The second-order valence-electron chi connectivity index (χ2n) is 4.62. The van der Waals surface area contributed by atoms with Crippen LogP contribution in [0, 0.1) is 0 Å². The topological polar surface area (TPSA) is 84.9 Å². The summed E-state index contributed by atoms with van der Waals surface area (Å²) in [5.41, 5.74) is 1.10. The van der Waals surface area contributed by atoms with Gasteiger partial charge in [0.15, 0.2) is 6.61 Å². The summed E-state index contributed by atoms with van der Waals surface area (Å²) >= 11 is 0. The molecule has 23 heavy (non-hydrogen) atoms. The van der Waals surface area contributed by atoms with E-state index < -0.39 is 12.6 Å². The van der Waals surface area contributed by atoms with Crippen molar-refractivity contribution in [3.05, 3.63) is 54.1 Å². The van der Waals surface area contributed by atoms with Crippen LogP contribution in [0.1, 0.15) is 17.3 Å². The Hall–Kier alpha value is -3.02. The van der Waals surface area contributed by atoms with E-state index in [-0.39, 0.29) is 5.91 Å². The summed E-state index contributed by atoms with van der Waals surface area (Å²) in [5.74, 6) is -0.184. The molecule has 0 saturated carbocycles. The quantitative estimate of drug-likeness (QED) is 0.820. The zero-order valence-electron chi connectivity index (χ0n) is 12.6. The fourth-order valence-electron chi connectivity index (χ4n) is 1.85. The molecule has 0 aliphatic carbocycles. The standard InChI is InChI=1S/C17H17NO5/c1-2-22-14-9-5-13(6-10-14)18-17(21)12-3-7-15(8-4-12)23-11-16(19)20/h3-10H,2,11H2,1H3,(H,18,21)(H,19,20). The number of carbonyl (C=O) groups excluding carboxylic acids is 1. The predicted octanol–water partition coefficient (Wildman–Crippen LogP) is 2.80. The average Bonchev–Trinajstić information content (AvgIpc) is 2.55. The molecule has 2 aromatic rings. The third-order valence-electron chi connectivity index (χ3n) is 2.90. The molecule has 2 rings (SSSR count). The number of hydrogen-bond donors (Lipinski definition) is 2. The molecule has 0 atom stereocenters. The van der Waals surface area contributed by atoms with Crippen LogP contribution in [-0.2, 0) is 4.79 Å². The summed E-state index contributed by atoms with van der Waals surface area (Å²) in [4.78, 5) is 22.5. The Morgan fingerprint density at radius 2 is 1.52 bits per heavy atom. The molecule has 0 aliphatic rings. The van der Waals surface area contributed by atoms with Gasteiger partial charge in [0.05, 0.1) is 6.61 Å². The molecule has 1 amide bonds. The van der Waals surface area contributed by atoms with Gasteiger partial charge in [0.2, 0.25) is 0 Å². The van der Waals surface area contributed by atoms with Crippen molar-refractivity contribution in [3.8, 4) is 11.5 Å². The minimum absolute atomic E-state index is 0.265. The lowest BCUT2D eigenvalue weighted by Gasteiger charge is -2.08. The van der Waals surface area contributed by atoms with Crippen LogP contribution in [0.3, 0.4) is 0 Å². The molecule has 0 aliphatic heterocycles. The van der Waals surface area contributed by atoms with E-state index in [1.807, 2.05) is 6.92 Å². The molecule has 6 heteroatoms. The van der Waals surface area contributed by atoms with Gasteiger partial charge in [0.1, 0.15) is 11.5 Å². The first kappa shape index (κ1) is 16.4. The van der Waals surface area contributed by atoms with Crippen LogP contribution in [0.5, 0.6) is 11.5 Å². The van der Waals surface area contributed by atoms with Crippen LogP contribution in [0.4, 0.5) is 5.69 Å². The number of anilines is 1. The van der Waals surface area contributed by atoms with Crippen LogP contribution < -0.4 is 14.8 Å².